The van der Waals surface area contributed by atoms with Crippen LogP contribution in [0.15, 0.2) is 44.6 Å². The Bertz CT molecular complexity index is 1270. The van der Waals surface area contributed by atoms with E-state index in [1.54, 1.807) is 17.9 Å². The van der Waals surface area contributed by atoms with Crippen LogP contribution in [-0.2, 0) is 17.9 Å². The SMILES string of the molecule is COc1ccccc1N1CCN(CCCCCn2c(=O)c3cscc3n(CCC(=O)O)c2=O)CC1. The van der Waals surface area contributed by atoms with Crippen molar-refractivity contribution in [2.45, 2.75) is 38.8 Å². The molecule has 1 N–H and O–H groups in total. The molecule has 0 unspecified atom stereocenters. The molecule has 1 aliphatic heterocycles. The number of ether oxygens (including phenoxy) is 1. The van der Waals surface area contributed by atoms with E-state index < -0.39 is 11.7 Å². The Morgan fingerprint density at radius 2 is 1.71 bits per heavy atom. The molecule has 2 aromatic heterocycles. The van der Waals surface area contributed by atoms with Crippen LogP contribution in [-0.4, -0.2) is 64.9 Å². The van der Waals surface area contributed by atoms with Gasteiger partial charge in [-0.2, -0.15) is 0 Å². The van der Waals surface area contributed by atoms with Crippen molar-refractivity contribution in [3.63, 3.8) is 0 Å². The molecular weight excluding hydrogens is 468 g/mol. The van der Waals surface area contributed by atoms with Crippen LogP contribution in [0, 0.1) is 0 Å². The molecule has 1 saturated heterocycles. The predicted molar refractivity (Wildman–Crippen MR) is 138 cm³/mol. The highest BCUT2D eigenvalue weighted by Crippen LogP contribution is 2.28. The lowest BCUT2D eigenvalue weighted by Crippen LogP contribution is -2.46. The summed E-state index contributed by atoms with van der Waals surface area (Å²) in [5, 5.41) is 13.0. The summed E-state index contributed by atoms with van der Waals surface area (Å²) < 4.78 is 8.18. The number of carboxylic acid groups (broad SMARTS) is 1. The molecule has 9 nitrogen and oxygen atoms in total. The van der Waals surface area contributed by atoms with Gasteiger partial charge in [0.1, 0.15) is 5.75 Å². The molecule has 1 fully saturated rings. The number of para-hydroxylation sites is 2. The number of hydrogen-bond acceptors (Lipinski definition) is 7. The standard InChI is InChI=1S/C25H32N4O5S/c1-34-22-8-4-3-7-20(22)27-15-13-26(14-16-27)10-5-2-6-11-29-24(32)19-17-35-18-21(19)28(25(29)33)12-9-23(30)31/h3-4,7-8,17-18H,2,5-6,9-16H2,1H3,(H,30,31). The van der Waals surface area contributed by atoms with Gasteiger partial charge >= 0.3 is 11.7 Å². The fourth-order valence-corrected chi connectivity index (χ4v) is 5.46. The van der Waals surface area contributed by atoms with Gasteiger partial charge in [-0.25, -0.2) is 4.79 Å². The first kappa shape index (κ1) is 25.0. The summed E-state index contributed by atoms with van der Waals surface area (Å²) in [6.45, 7) is 5.27. The number of hydrogen-bond donors (Lipinski definition) is 1. The quantitative estimate of drug-likeness (QED) is 0.404. The highest BCUT2D eigenvalue weighted by Gasteiger charge is 2.19. The van der Waals surface area contributed by atoms with Crippen LogP contribution in [0.3, 0.4) is 0 Å². The van der Waals surface area contributed by atoms with Crippen LogP contribution >= 0.6 is 11.3 Å². The second-order valence-electron chi connectivity index (χ2n) is 8.77. The van der Waals surface area contributed by atoms with Crippen molar-refractivity contribution in [2.24, 2.45) is 0 Å². The molecule has 0 aliphatic carbocycles. The zero-order chi connectivity index (χ0) is 24.8. The summed E-state index contributed by atoms with van der Waals surface area (Å²) in [5.41, 5.74) is 0.950. The largest absolute Gasteiger partial charge is 0.495 e. The molecule has 4 rings (SSSR count). The van der Waals surface area contributed by atoms with Crippen LogP contribution in [0.4, 0.5) is 5.69 Å². The van der Waals surface area contributed by atoms with E-state index in [1.807, 2.05) is 18.2 Å². The molecule has 0 saturated carbocycles. The van der Waals surface area contributed by atoms with Crippen molar-refractivity contribution in [2.75, 3.05) is 44.7 Å². The zero-order valence-electron chi connectivity index (χ0n) is 20.0. The molecule has 0 spiro atoms. The van der Waals surface area contributed by atoms with E-state index in [-0.39, 0.29) is 18.5 Å². The number of carboxylic acids is 1. The second kappa shape index (κ2) is 11.5. The first-order valence-electron chi connectivity index (χ1n) is 12.0. The van der Waals surface area contributed by atoms with Gasteiger partial charge in [0.05, 0.1) is 30.1 Å². The van der Waals surface area contributed by atoms with E-state index in [0.717, 1.165) is 63.4 Å². The number of fused-ring (bicyclic) bond motifs is 1. The first-order valence-corrected chi connectivity index (χ1v) is 13.0. The number of thiophene rings is 1. The highest BCUT2D eigenvalue weighted by molar-refractivity contribution is 7.09. The summed E-state index contributed by atoms with van der Waals surface area (Å²) in [5.74, 6) is -0.0689. The predicted octanol–water partition coefficient (Wildman–Crippen LogP) is 2.70. The molecule has 0 amide bonds. The van der Waals surface area contributed by atoms with Gasteiger partial charge in [-0.15, -0.1) is 11.3 Å². The van der Waals surface area contributed by atoms with Gasteiger partial charge in [0, 0.05) is 50.0 Å². The lowest BCUT2D eigenvalue weighted by atomic mass is 10.2. The first-order chi connectivity index (χ1) is 17.0. The minimum absolute atomic E-state index is 0.0580. The smallest absolute Gasteiger partial charge is 0.331 e. The normalized spacial score (nSPS) is 14.5. The Hall–Kier alpha value is -3.11. The molecule has 1 aromatic carbocycles. The van der Waals surface area contributed by atoms with Crippen LogP contribution in [0.2, 0.25) is 0 Å². The molecule has 3 aromatic rings. The number of methoxy groups -OCH3 is 1. The van der Waals surface area contributed by atoms with Gasteiger partial charge in [-0.3, -0.25) is 23.6 Å². The number of rotatable bonds is 11. The van der Waals surface area contributed by atoms with Gasteiger partial charge in [0.15, 0.2) is 0 Å². The lowest BCUT2D eigenvalue weighted by Gasteiger charge is -2.36. The molecule has 10 heteroatoms. The van der Waals surface area contributed by atoms with E-state index in [1.165, 1.54) is 20.5 Å². The average Bonchev–Trinajstić information content (AvgIpc) is 3.36. The third kappa shape index (κ3) is 5.76. The van der Waals surface area contributed by atoms with Crippen LogP contribution in [0.1, 0.15) is 25.7 Å². The Morgan fingerprint density at radius 3 is 2.46 bits per heavy atom. The van der Waals surface area contributed by atoms with Crippen molar-refractivity contribution in [3.8, 4) is 5.75 Å². The molecule has 3 heterocycles. The fourth-order valence-electron chi connectivity index (χ4n) is 4.65. The van der Waals surface area contributed by atoms with Gasteiger partial charge in [-0.1, -0.05) is 18.6 Å². The van der Waals surface area contributed by atoms with Crippen molar-refractivity contribution >= 4 is 33.9 Å². The average molecular weight is 501 g/mol. The van der Waals surface area contributed by atoms with Crippen LogP contribution in [0.5, 0.6) is 5.75 Å². The Kier molecular flexibility index (Phi) is 8.25. The zero-order valence-corrected chi connectivity index (χ0v) is 20.8. The van der Waals surface area contributed by atoms with Gasteiger partial charge < -0.3 is 14.7 Å². The molecule has 0 bridgehead atoms. The third-order valence-corrected chi connectivity index (χ3v) is 7.30. The van der Waals surface area contributed by atoms with Crippen LogP contribution in [0.25, 0.3) is 10.9 Å². The van der Waals surface area contributed by atoms with Gasteiger partial charge in [0.25, 0.3) is 5.56 Å². The van der Waals surface area contributed by atoms with E-state index in [2.05, 4.69) is 15.9 Å². The van der Waals surface area contributed by atoms with Crippen molar-refractivity contribution in [1.82, 2.24) is 14.0 Å². The minimum Gasteiger partial charge on any atom is -0.495 e. The molecule has 35 heavy (non-hydrogen) atoms. The maximum Gasteiger partial charge on any atom is 0.331 e. The monoisotopic (exact) mass is 500 g/mol. The van der Waals surface area contributed by atoms with E-state index in [9.17, 15) is 14.4 Å². The fraction of sp³-hybridized carbons (Fsp3) is 0.480. The molecule has 188 valence electrons. The summed E-state index contributed by atoms with van der Waals surface area (Å²) in [6.07, 6.45) is 2.48. The molecule has 1 aliphatic rings. The number of piperazine rings is 1. The summed E-state index contributed by atoms with van der Waals surface area (Å²) in [7, 11) is 1.70. The minimum atomic E-state index is -0.971. The number of aliphatic carboxylic acids is 1. The number of nitrogens with zero attached hydrogens (tertiary/aromatic N) is 4. The topological polar surface area (TPSA) is 97.0 Å². The maximum atomic E-state index is 12.9. The van der Waals surface area contributed by atoms with Gasteiger partial charge in [-0.05, 0) is 31.5 Å². The summed E-state index contributed by atoms with van der Waals surface area (Å²) >= 11 is 1.34. The number of unbranched alkanes of at least 4 members (excludes halogenated alkanes) is 2. The molecule has 0 atom stereocenters. The lowest BCUT2D eigenvalue weighted by molar-refractivity contribution is -0.137. The Balaban J connectivity index is 1.27. The number of carbonyl (C=O) groups is 1. The van der Waals surface area contributed by atoms with Crippen molar-refractivity contribution in [3.05, 3.63) is 55.9 Å². The molecule has 0 radical (unpaired) electrons. The van der Waals surface area contributed by atoms with Gasteiger partial charge in [0.2, 0.25) is 0 Å². The number of anilines is 1. The second-order valence-corrected chi connectivity index (χ2v) is 9.51. The van der Waals surface area contributed by atoms with E-state index in [4.69, 9.17) is 9.84 Å². The Morgan fingerprint density at radius 1 is 0.971 bits per heavy atom. The van der Waals surface area contributed by atoms with E-state index in [0.29, 0.717) is 17.4 Å². The van der Waals surface area contributed by atoms with E-state index >= 15 is 0 Å². The molecular formula is C25H32N4O5S. The van der Waals surface area contributed by atoms with Crippen molar-refractivity contribution < 1.29 is 14.6 Å². The summed E-state index contributed by atoms with van der Waals surface area (Å²) in [4.78, 5) is 41.6. The van der Waals surface area contributed by atoms with Crippen molar-refractivity contribution in [1.29, 1.82) is 0 Å². The Labute approximate surface area is 207 Å². The highest BCUT2D eigenvalue weighted by atomic mass is 32.1. The van der Waals surface area contributed by atoms with Crippen LogP contribution < -0.4 is 20.9 Å². The number of aryl methyl sites for hydroxylation is 1. The maximum absolute atomic E-state index is 12.9. The third-order valence-electron chi connectivity index (χ3n) is 6.57. The summed E-state index contributed by atoms with van der Waals surface area (Å²) in [6, 6.07) is 8.10. The number of benzene rings is 1. The number of aromatic nitrogens is 2.